The molecular weight excluding hydrogens is 388 g/mol. The van der Waals surface area contributed by atoms with Crippen LogP contribution in [0.3, 0.4) is 0 Å². The van der Waals surface area contributed by atoms with Gasteiger partial charge in [0.25, 0.3) is 0 Å². The Bertz CT molecular complexity index is 884. The molecule has 0 aliphatic heterocycles. The van der Waals surface area contributed by atoms with E-state index >= 15 is 0 Å². The van der Waals surface area contributed by atoms with Gasteiger partial charge in [0, 0.05) is 29.8 Å². The maximum absolute atomic E-state index is 11.9. The lowest BCUT2D eigenvalue weighted by atomic mass is 9.93. The zero-order valence-corrected chi connectivity index (χ0v) is 16.7. The molecule has 0 heterocycles. The summed E-state index contributed by atoms with van der Waals surface area (Å²) in [5.41, 5.74) is 1.77. The Morgan fingerprint density at radius 3 is 2.27 bits per heavy atom. The first-order chi connectivity index (χ1) is 14.5. The summed E-state index contributed by atoms with van der Waals surface area (Å²) >= 11 is 0. The van der Waals surface area contributed by atoms with E-state index in [1.165, 1.54) is 17.0 Å². The van der Waals surface area contributed by atoms with Crippen molar-refractivity contribution < 1.29 is 30.0 Å². The summed E-state index contributed by atoms with van der Waals surface area (Å²) in [6, 6.07) is 12.1. The number of aliphatic hydroxyl groups is 4. The molecule has 4 N–H and O–H groups in total. The zero-order valence-electron chi connectivity index (χ0n) is 16.7. The smallest absolute Gasteiger partial charge is 0.150 e. The Kier molecular flexibility index (Phi) is 8.77. The van der Waals surface area contributed by atoms with Gasteiger partial charge in [-0.05, 0) is 25.1 Å². The highest BCUT2D eigenvalue weighted by atomic mass is 16.5. The van der Waals surface area contributed by atoms with Gasteiger partial charge in [-0.25, -0.2) is 0 Å². The molecule has 2 aromatic carbocycles. The number of para-hydroxylation sites is 1. The molecule has 0 spiro atoms. The number of nitrogens with zero attached hydrogens (tertiary/aromatic N) is 2. The van der Waals surface area contributed by atoms with Crippen molar-refractivity contribution in [1.82, 2.24) is 0 Å². The maximum Gasteiger partial charge on any atom is 0.150 e. The molecule has 160 valence electrons. The fourth-order valence-corrected chi connectivity index (χ4v) is 3.24. The van der Waals surface area contributed by atoms with Gasteiger partial charge in [-0.15, -0.1) is 0 Å². The molecule has 0 radical (unpaired) electrons. The van der Waals surface area contributed by atoms with Gasteiger partial charge in [-0.1, -0.05) is 18.2 Å². The fourth-order valence-electron chi connectivity index (χ4n) is 3.24. The maximum atomic E-state index is 11.9. The monoisotopic (exact) mass is 414 g/mol. The minimum Gasteiger partial charge on any atom is -0.493 e. The quantitative estimate of drug-likeness (QED) is 0.399. The van der Waals surface area contributed by atoms with Crippen LogP contribution in [0, 0.1) is 11.3 Å². The summed E-state index contributed by atoms with van der Waals surface area (Å²) < 4.78 is 5.71. The number of anilines is 1. The molecule has 2 atom stereocenters. The SMILES string of the molecule is CCOc1ccccc1-c1c(C=O)ccc(C#N)c1N(CC(O)CO)CC(O)CO. The lowest BCUT2D eigenvalue weighted by Gasteiger charge is -2.32. The summed E-state index contributed by atoms with van der Waals surface area (Å²) in [5, 5.41) is 48.5. The standard InChI is InChI=1S/C22H26N2O6/c1-2-30-20-6-4-3-5-19(20)21-16(12-25)8-7-15(9-23)22(21)24(10-17(28)13-26)11-18(29)14-27/h3-8,12,17-18,26-29H,2,10-11,13-14H2,1H3. The summed E-state index contributed by atoms with van der Waals surface area (Å²) in [6.45, 7) is 0.878. The first-order valence-electron chi connectivity index (χ1n) is 9.57. The normalized spacial score (nSPS) is 12.7. The van der Waals surface area contributed by atoms with Gasteiger partial charge in [-0.2, -0.15) is 5.26 Å². The Morgan fingerprint density at radius 1 is 1.10 bits per heavy atom. The molecule has 30 heavy (non-hydrogen) atoms. The molecule has 2 rings (SSSR count). The van der Waals surface area contributed by atoms with Crippen molar-refractivity contribution in [3.63, 3.8) is 0 Å². The second kappa shape index (κ2) is 11.3. The van der Waals surface area contributed by atoms with E-state index in [2.05, 4.69) is 6.07 Å². The summed E-state index contributed by atoms with van der Waals surface area (Å²) in [7, 11) is 0. The number of benzene rings is 2. The molecule has 0 saturated heterocycles. The Hall–Kier alpha value is -2.96. The Morgan fingerprint density at radius 2 is 1.73 bits per heavy atom. The average Bonchev–Trinajstić information content (AvgIpc) is 2.77. The van der Waals surface area contributed by atoms with Crippen molar-refractivity contribution in [2.45, 2.75) is 19.1 Å². The van der Waals surface area contributed by atoms with E-state index in [4.69, 9.17) is 4.74 Å². The highest BCUT2D eigenvalue weighted by Crippen LogP contribution is 2.41. The summed E-state index contributed by atoms with van der Waals surface area (Å²) in [5.74, 6) is 0.504. The molecule has 0 aliphatic rings. The number of carbonyl (C=O) groups excluding carboxylic acids is 1. The van der Waals surface area contributed by atoms with Crippen LogP contribution in [0.5, 0.6) is 5.75 Å². The third kappa shape index (κ3) is 5.34. The lowest BCUT2D eigenvalue weighted by Crippen LogP contribution is -2.41. The van der Waals surface area contributed by atoms with Crippen LogP contribution < -0.4 is 9.64 Å². The van der Waals surface area contributed by atoms with Crippen molar-refractivity contribution in [3.05, 3.63) is 47.5 Å². The van der Waals surface area contributed by atoms with Gasteiger partial charge in [0.05, 0.1) is 43.3 Å². The van der Waals surface area contributed by atoms with Crippen molar-refractivity contribution in [2.75, 3.05) is 37.8 Å². The third-order valence-electron chi connectivity index (χ3n) is 4.51. The number of aldehydes is 1. The van der Waals surface area contributed by atoms with Crippen molar-refractivity contribution in [3.8, 4) is 22.9 Å². The van der Waals surface area contributed by atoms with Gasteiger partial charge >= 0.3 is 0 Å². The molecule has 0 fully saturated rings. The van der Waals surface area contributed by atoms with Crippen LogP contribution in [-0.2, 0) is 0 Å². The van der Waals surface area contributed by atoms with Crippen molar-refractivity contribution in [1.29, 1.82) is 5.26 Å². The molecule has 0 saturated carbocycles. The third-order valence-corrected chi connectivity index (χ3v) is 4.51. The fraction of sp³-hybridized carbons (Fsp3) is 0.364. The molecule has 0 aromatic heterocycles. The van der Waals surface area contributed by atoms with Gasteiger partial charge in [0.15, 0.2) is 6.29 Å². The van der Waals surface area contributed by atoms with Gasteiger partial charge in [-0.3, -0.25) is 4.79 Å². The van der Waals surface area contributed by atoms with Crippen LogP contribution in [-0.4, -0.2) is 71.8 Å². The van der Waals surface area contributed by atoms with E-state index in [9.17, 15) is 30.5 Å². The lowest BCUT2D eigenvalue weighted by molar-refractivity contribution is 0.0839. The molecule has 0 amide bonds. The van der Waals surface area contributed by atoms with E-state index in [0.717, 1.165) is 0 Å². The summed E-state index contributed by atoms with van der Waals surface area (Å²) in [4.78, 5) is 13.4. The first-order valence-corrected chi connectivity index (χ1v) is 9.57. The van der Waals surface area contributed by atoms with Crippen molar-refractivity contribution >= 4 is 12.0 Å². The Labute approximate surface area is 175 Å². The van der Waals surface area contributed by atoms with Gasteiger partial charge in [0.1, 0.15) is 11.8 Å². The van der Waals surface area contributed by atoms with E-state index in [1.54, 1.807) is 24.3 Å². The minimum absolute atomic E-state index is 0.131. The molecule has 0 aliphatic carbocycles. The highest BCUT2D eigenvalue weighted by molar-refractivity contribution is 5.97. The predicted molar refractivity (Wildman–Crippen MR) is 112 cm³/mol. The van der Waals surface area contributed by atoms with E-state index in [-0.39, 0.29) is 24.2 Å². The molecular formula is C22H26N2O6. The van der Waals surface area contributed by atoms with Crippen LogP contribution in [0.25, 0.3) is 11.1 Å². The largest absolute Gasteiger partial charge is 0.493 e. The first kappa shape index (κ1) is 23.3. The number of hydrogen-bond acceptors (Lipinski definition) is 8. The van der Waals surface area contributed by atoms with Crippen LogP contribution in [0.1, 0.15) is 22.8 Å². The van der Waals surface area contributed by atoms with Crippen molar-refractivity contribution in [2.24, 2.45) is 0 Å². The van der Waals surface area contributed by atoms with Crippen LogP contribution in [0.15, 0.2) is 36.4 Å². The van der Waals surface area contributed by atoms with E-state index in [0.29, 0.717) is 35.5 Å². The number of hydrogen-bond donors (Lipinski definition) is 4. The van der Waals surface area contributed by atoms with Crippen LogP contribution in [0.2, 0.25) is 0 Å². The second-order valence-corrected chi connectivity index (χ2v) is 6.66. The molecule has 2 aromatic rings. The van der Waals surface area contributed by atoms with Gasteiger partial charge < -0.3 is 30.1 Å². The van der Waals surface area contributed by atoms with Crippen LogP contribution >= 0.6 is 0 Å². The van der Waals surface area contributed by atoms with E-state index in [1.807, 2.05) is 6.92 Å². The number of nitriles is 1. The zero-order chi connectivity index (χ0) is 22.1. The number of rotatable bonds is 11. The van der Waals surface area contributed by atoms with Gasteiger partial charge in [0.2, 0.25) is 0 Å². The van der Waals surface area contributed by atoms with Crippen LogP contribution in [0.4, 0.5) is 5.69 Å². The highest BCUT2D eigenvalue weighted by Gasteiger charge is 2.25. The Balaban J connectivity index is 2.81. The topological polar surface area (TPSA) is 134 Å². The minimum atomic E-state index is -1.17. The molecule has 2 unspecified atom stereocenters. The average molecular weight is 414 g/mol. The predicted octanol–water partition coefficient (Wildman–Crippen LogP) is 0.949. The molecule has 8 heteroatoms. The number of carbonyl (C=O) groups is 1. The summed E-state index contributed by atoms with van der Waals surface area (Å²) in [6.07, 6.45) is -1.68. The van der Waals surface area contributed by atoms with E-state index < -0.39 is 25.4 Å². The number of aliphatic hydroxyl groups excluding tert-OH is 4. The molecule has 8 nitrogen and oxygen atoms in total. The number of ether oxygens (including phenoxy) is 1. The second-order valence-electron chi connectivity index (χ2n) is 6.66. The molecule has 0 bridgehead atoms.